The van der Waals surface area contributed by atoms with Crippen molar-refractivity contribution >= 4 is 28.6 Å². The Balaban J connectivity index is 1.37. The maximum Gasteiger partial charge on any atom is 0.0557 e. The average molecular weight is 364 g/mol. The maximum atomic E-state index is 6.19. The van der Waals surface area contributed by atoms with Gasteiger partial charge in [-0.2, -0.15) is 5.10 Å². The van der Waals surface area contributed by atoms with Gasteiger partial charge in [0, 0.05) is 43.3 Å². The van der Waals surface area contributed by atoms with Crippen LogP contribution in [0, 0.1) is 0 Å². The second-order valence-corrected chi connectivity index (χ2v) is 7.04. The molecule has 0 aromatic heterocycles. The molecule has 0 amide bonds. The van der Waals surface area contributed by atoms with Crippen molar-refractivity contribution in [2.75, 3.05) is 26.2 Å². The van der Waals surface area contributed by atoms with Crippen LogP contribution in [0.1, 0.15) is 11.1 Å². The molecule has 1 fully saturated rings. The molecule has 1 saturated heterocycles. The van der Waals surface area contributed by atoms with Crippen molar-refractivity contribution < 1.29 is 0 Å². The summed E-state index contributed by atoms with van der Waals surface area (Å²) in [5, 5.41) is 10.1. The van der Waals surface area contributed by atoms with E-state index in [1.54, 1.807) is 0 Å². The number of fused-ring (bicyclic) bond motifs is 1. The first-order valence-corrected chi connectivity index (χ1v) is 9.40. The fourth-order valence-corrected chi connectivity index (χ4v) is 3.59. The van der Waals surface area contributed by atoms with Crippen molar-refractivity contribution in [1.29, 1.82) is 0 Å². The monoisotopic (exact) mass is 363 g/mol. The zero-order chi connectivity index (χ0) is 17.8. The molecule has 4 heteroatoms. The third kappa shape index (κ3) is 3.90. The molecular weight excluding hydrogens is 342 g/mol. The normalized spacial score (nSPS) is 15.8. The highest BCUT2D eigenvalue weighted by Gasteiger charge is 2.16. The number of halogens is 1. The quantitative estimate of drug-likeness (QED) is 0.628. The molecule has 4 rings (SSSR count). The first kappa shape index (κ1) is 17.1. The van der Waals surface area contributed by atoms with E-state index in [4.69, 9.17) is 11.6 Å². The second kappa shape index (κ2) is 7.90. The van der Waals surface area contributed by atoms with Gasteiger partial charge in [0.15, 0.2) is 0 Å². The smallest absolute Gasteiger partial charge is 0.0557 e. The van der Waals surface area contributed by atoms with Gasteiger partial charge in [-0.25, -0.2) is 0 Å². The van der Waals surface area contributed by atoms with Crippen LogP contribution in [0.25, 0.3) is 10.8 Å². The van der Waals surface area contributed by atoms with E-state index in [-0.39, 0.29) is 0 Å². The molecule has 1 heterocycles. The van der Waals surface area contributed by atoms with Crippen molar-refractivity contribution in [2.45, 2.75) is 6.54 Å². The summed E-state index contributed by atoms with van der Waals surface area (Å²) in [6.45, 7) is 4.90. The summed E-state index contributed by atoms with van der Waals surface area (Å²) in [5.74, 6) is 0. The molecule has 0 saturated carbocycles. The van der Waals surface area contributed by atoms with E-state index in [1.165, 1.54) is 16.3 Å². The molecule has 132 valence electrons. The second-order valence-electron chi connectivity index (χ2n) is 6.63. The van der Waals surface area contributed by atoms with Crippen molar-refractivity contribution in [3.05, 3.63) is 82.9 Å². The van der Waals surface area contributed by atoms with E-state index < -0.39 is 0 Å². The minimum atomic E-state index is 0.742. The predicted molar refractivity (Wildman–Crippen MR) is 110 cm³/mol. The number of hydrogen-bond donors (Lipinski definition) is 0. The van der Waals surface area contributed by atoms with Crippen LogP contribution in [0.5, 0.6) is 0 Å². The van der Waals surface area contributed by atoms with Gasteiger partial charge in [-0.05, 0) is 22.4 Å². The average Bonchev–Trinajstić information content (AvgIpc) is 2.69. The molecule has 1 aliphatic rings. The number of rotatable bonds is 4. The minimum absolute atomic E-state index is 0.742. The zero-order valence-corrected chi connectivity index (χ0v) is 15.4. The lowest BCUT2D eigenvalue weighted by Gasteiger charge is -2.33. The van der Waals surface area contributed by atoms with Gasteiger partial charge in [0.25, 0.3) is 0 Å². The summed E-state index contributed by atoms with van der Waals surface area (Å²) in [6.07, 6.45) is 1.86. The molecule has 3 aromatic rings. The van der Waals surface area contributed by atoms with E-state index in [2.05, 4.69) is 57.5 Å². The predicted octanol–water partition coefficient (Wildman–Crippen LogP) is 4.64. The Kier molecular flexibility index (Phi) is 5.19. The van der Waals surface area contributed by atoms with Crippen LogP contribution in [0.15, 0.2) is 71.8 Å². The Bertz CT molecular complexity index is 909. The van der Waals surface area contributed by atoms with Gasteiger partial charge < -0.3 is 0 Å². The lowest BCUT2D eigenvalue weighted by Crippen LogP contribution is -2.43. The molecule has 3 aromatic carbocycles. The highest BCUT2D eigenvalue weighted by molar-refractivity contribution is 6.33. The Morgan fingerprint density at radius 3 is 2.42 bits per heavy atom. The largest absolute Gasteiger partial charge is 0.295 e. The van der Waals surface area contributed by atoms with Crippen LogP contribution in [-0.4, -0.2) is 42.3 Å². The molecule has 1 aliphatic heterocycles. The summed E-state index contributed by atoms with van der Waals surface area (Å²) < 4.78 is 0. The summed E-state index contributed by atoms with van der Waals surface area (Å²) >= 11 is 6.19. The van der Waals surface area contributed by atoms with Crippen molar-refractivity contribution in [3.8, 4) is 0 Å². The molecule has 0 unspecified atom stereocenters. The molecule has 26 heavy (non-hydrogen) atoms. The number of hydrazone groups is 1. The van der Waals surface area contributed by atoms with Gasteiger partial charge in [-0.1, -0.05) is 72.3 Å². The zero-order valence-electron chi connectivity index (χ0n) is 14.7. The third-order valence-electron chi connectivity index (χ3n) is 4.89. The van der Waals surface area contributed by atoms with E-state index >= 15 is 0 Å². The van der Waals surface area contributed by atoms with E-state index in [0.29, 0.717) is 0 Å². The molecule has 0 atom stereocenters. The molecule has 0 N–H and O–H groups in total. The van der Waals surface area contributed by atoms with Gasteiger partial charge in [0.2, 0.25) is 0 Å². The van der Waals surface area contributed by atoms with Crippen LogP contribution in [-0.2, 0) is 6.54 Å². The lowest BCUT2D eigenvalue weighted by molar-refractivity contribution is 0.131. The van der Waals surface area contributed by atoms with Gasteiger partial charge in [-0.15, -0.1) is 0 Å². The molecule has 0 radical (unpaired) electrons. The fourth-order valence-electron chi connectivity index (χ4n) is 3.41. The lowest BCUT2D eigenvalue weighted by atomic mass is 10.0. The van der Waals surface area contributed by atoms with E-state index in [9.17, 15) is 0 Å². The van der Waals surface area contributed by atoms with E-state index in [0.717, 1.165) is 43.3 Å². The van der Waals surface area contributed by atoms with Gasteiger partial charge >= 0.3 is 0 Å². The topological polar surface area (TPSA) is 18.8 Å². The fraction of sp³-hybridized carbons (Fsp3) is 0.227. The standard InChI is InChI=1S/C22H22ClN3/c23-22-11-4-2-7-19(22)16-24-26-14-12-25(13-15-26)17-20-9-5-8-18-6-1-3-10-21(18)20/h1-11,16H,12-15,17H2. The van der Waals surface area contributed by atoms with Crippen molar-refractivity contribution in [3.63, 3.8) is 0 Å². The Hall–Kier alpha value is -2.36. The number of nitrogens with zero attached hydrogens (tertiary/aromatic N) is 3. The SMILES string of the molecule is Clc1ccccc1C=NN1CCN(Cc2cccc3ccccc23)CC1. The van der Waals surface area contributed by atoms with Gasteiger partial charge in [-0.3, -0.25) is 9.91 Å². The number of piperazine rings is 1. The summed E-state index contributed by atoms with van der Waals surface area (Å²) in [6, 6.07) is 23.0. The first-order chi connectivity index (χ1) is 12.8. The number of hydrogen-bond acceptors (Lipinski definition) is 3. The van der Waals surface area contributed by atoms with E-state index in [1.807, 2.05) is 30.5 Å². The third-order valence-corrected chi connectivity index (χ3v) is 5.23. The summed E-state index contributed by atoms with van der Waals surface area (Å²) in [7, 11) is 0. The molecule has 0 bridgehead atoms. The maximum absolute atomic E-state index is 6.19. The molecular formula is C22H22ClN3. The van der Waals surface area contributed by atoms with Crippen molar-refractivity contribution in [2.24, 2.45) is 5.10 Å². The molecule has 0 aliphatic carbocycles. The Morgan fingerprint density at radius 1 is 0.846 bits per heavy atom. The van der Waals surface area contributed by atoms with Crippen LogP contribution in [0.4, 0.5) is 0 Å². The van der Waals surface area contributed by atoms with Crippen LogP contribution >= 0.6 is 11.6 Å². The van der Waals surface area contributed by atoms with Crippen LogP contribution < -0.4 is 0 Å². The minimum Gasteiger partial charge on any atom is -0.295 e. The Morgan fingerprint density at radius 2 is 1.58 bits per heavy atom. The van der Waals surface area contributed by atoms with Crippen LogP contribution in [0.2, 0.25) is 5.02 Å². The first-order valence-electron chi connectivity index (χ1n) is 9.02. The molecule has 3 nitrogen and oxygen atoms in total. The highest BCUT2D eigenvalue weighted by atomic mass is 35.5. The van der Waals surface area contributed by atoms with Gasteiger partial charge in [0.1, 0.15) is 0 Å². The number of benzene rings is 3. The molecule has 0 spiro atoms. The van der Waals surface area contributed by atoms with Gasteiger partial charge in [0.05, 0.1) is 6.21 Å². The Labute approximate surface area is 159 Å². The highest BCUT2D eigenvalue weighted by Crippen LogP contribution is 2.20. The summed E-state index contributed by atoms with van der Waals surface area (Å²) in [5.41, 5.74) is 2.36. The van der Waals surface area contributed by atoms with Crippen LogP contribution in [0.3, 0.4) is 0 Å². The summed E-state index contributed by atoms with van der Waals surface area (Å²) in [4.78, 5) is 2.50. The van der Waals surface area contributed by atoms with Crippen molar-refractivity contribution in [1.82, 2.24) is 9.91 Å².